The van der Waals surface area contributed by atoms with Crippen molar-refractivity contribution in [2.45, 2.75) is 31.6 Å². The van der Waals surface area contributed by atoms with E-state index in [1.807, 2.05) is 6.92 Å². The first-order chi connectivity index (χ1) is 17.6. The number of benzene rings is 3. The Labute approximate surface area is 216 Å². The summed E-state index contributed by atoms with van der Waals surface area (Å²) in [6.07, 6.45) is 1.11. The van der Waals surface area contributed by atoms with Crippen LogP contribution in [0.2, 0.25) is 0 Å². The van der Waals surface area contributed by atoms with E-state index in [2.05, 4.69) is 4.72 Å². The molecule has 3 aromatic carbocycles. The van der Waals surface area contributed by atoms with E-state index in [1.165, 1.54) is 27.3 Å². The average Bonchev–Trinajstić information content (AvgIpc) is 3.10. The molecule has 9 nitrogen and oxygen atoms in total. The molecule has 0 saturated carbocycles. The fourth-order valence-electron chi connectivity index (χ4n) is 3.91. The standard InChI is InChI=1S/C27H29N3O6S.H2/c1-5-13-35-19-10-8-11-20(15-19)36-26-17-24-23(29(3)27(32)30(24)4)16-22(26)28-37(33,34)21-12-7-9-18(14-21)25(31)6-2;/h7-12,14-17,28H,5-6,13H2,1-4H3;1H. The average molecular weight is 526 g/mol. The maximum Gasteiger partial charge on any atom is 0.328 e. The molecule has 0 aliphatic heterocycles. The lowest BCUT2D eigenvalue weighted by molar-refractivity contribution is 0.0988. The lowest BCUT2D eigenvalue weighted by Gasteiger charge is -2.15. The number of Topliss-reactive ketones (excluding diaryl/α,β-unsaturated/α-hetero) is 1. The van der Waals surface area contributed by atoms with E-state index in [0.717, 1.165) is 6.42 Å². The first-order valence-corrected chi connectivity index (χ1v) is 13.4. The summed E-state index contributed by atoms with van der Waals surface area (Å²) >= 11 is 0. The Morgan fingerprint density at radius 3 is 2.32 bits per heavy atom. The van der Waals surface area contributed by atoms with Crippen LogP contribution in [0.4, 0.5) is 5.69 Å². The van der Waals surface area contributed by atoms with Crippen LogP contribution in [0.25, 0.3) is 11.0 Å². The number of aryl methyl sites for hydroxylation is 2. The molecule has 0 amide bonds. The van der Waals surface area contributed by atoms with Gasteiger partial charge in [0.15, 0.2) is 11.5 Å². The van der Waals surface area contributed by atoms with E-state index < -0.39 is 10.0 Å². The van der Waals surface area contributed by atoms with Gasteiger partial charge in [-0.05, 0) is 36.8 Å². The van der Waals surface area contributed by atoms with Gasteiger partial charge in [-0.3, -0.25) is 18.7 Å². The number of ketones is 1. The largest absolute Gasteiger partial charge is 0.493 e. The summed E-state index contributed by atoms with van der Waals surface area (Å²) in [5, 5.41) is 0. The zero-order valence-electron chi connectivity index (χ0n) is 21.1. The van der Waals surface area contributed by atoms with E-state index >= 15 is 0 Å². The minimum absolute atomic E-state index is 0. The molecule has 0 radical (unpaired) electrons. The first kappa shape index (κ1) is 26.0. The van der Waals surface area contributed by atoms with Gasteiger partial charge in [-0.2, -0.15) is 0 Å². The molecule has 196 valence electrons. The SMILES string of the molecule is CCCOc1cccc(Oc2cc3c(cc2NS(=O)(=O)c2cccc(C(=O)CC)c2)n(C)c(=O)n3C)c1.[HH]. The number of anilines is 1. The number of carbonyl (C=O) groups is 1. The molecule has 1 aromatic heterocycles. The van der Waals surface area contributed by atoms with E-state index in [-0.39, 0.29) is 35.7 Å². The normalized spacial score (nSPS) is 11.5. The van der Waals surface area contributed by atoms with Crippen molar-refractivity contribution in [1.29, 1.82) is 0 Å². The minimum Gasteiger partial charge on any atom is -0.493 e. The van der Waals surface area contributed by atoms with Crippen LogP contribution in [-0.2, 0) is 24.1 Å². The summed E-state index contributed by atoms with van der Waals surface area (Å²) in [7, 11) is -0.857. The second-order valence-electron chi connectivity index (χ2n) is 8.57. The Hall–Kier alpha value is -4.05. The molecular weight excluding hydrogens is 494 g/mol. The fourth-order valence-corrected chi connectivity index (χ4v) is 5.02. The highest BCUT2D eigenvalue weighted by Crippen LogP contribution is 2.36. The highest BCUT2D eigenvalue weighted by atomic mass is 32.2. The first-order valence-electron chi connectivity index (χ1n) is 11.9. The lowest BCUT2D eigenvalue weighted by atomic mass is 10.1. The Morgan fingerprint density at radius 1 is 0.946 bits per heavy atom. The van der Waals surface area contributed by atoms with E-state index in [9.17, 15) is 18.0 Å². The highest BCUT2D eigenvalue weighted by Gasteiger charge is 2.21. The quantitative estimate of drug-likeness (QED) is 0.289. The number of carbonyl (C=O) groups excluding carboxylic acids is 1. The van der Waals surface area contributed by atoms with Gasteiger partial charge in [0.1, 0.15) is 11.5 Å². The summed E-state index contributed by atoms with van der Waals surface area (Å²) in [5.41, 5.74) is 1.28. The molecule has 0 atom stereocenters. The number of hydrogen-bond acceptors (Lipinski definition) is 6. The van der Waals surface area contributed by atoms with Gasteiger partial charge in [0.25, 0.3) is 10.0 Å². The number of hydrogen-bond donors (Lipinski definition) is 1. The molecular formula is C27H31N3O6S. The molecule has 10 heteroatoms. The van der Waals surface area contributed by atoms with Crippen molar-refractivity contribution in [3.8, 4) is 17.2 Å². The summed E-state index contributed by atoms with van der Waals surface area (Å²) in [5.74, 6) is 1.09. The van der Waals surface area contributed by atoms with E-state index in [1.54, 1.807) is 63.5 Å². The van der Waals surface area contributed by atoms with Crippen molar-refractivity contribution in [3.63, 3.8) is 0 Å². The summed E-state index contributed by atoms with van der Waals surface area (Å²) in [6.45, 7) is 4.27. The lowest BCUT2D eigenvalue weighted by Crippen LogP contribution is -2.19. The van der Waals surface area contributed by atoms with Gasteiger partial charge in [0.05, 0.1) is 28.2 Å². The summed E-state index contributed by atoms with van der Waals surface area (Å²) in [4.78, 5) is 24.6. The molecule has 4 rings (SSSR count). The van der Waals surface area contributed by atoms with Crippen molar-refractivity contribution in [3.05, 3.63) is 76.7 Å². The molecule has 0 aliphatic rings. The second-order valence-corrected chi connectivity index (χ2v) is 10.3. The second kappa shape index (κ2) is 10.5. The van der Waals surface area contributed by atoms with Gasteiger partial charge < -0.3 is 9.47 Å². The molecule has 0 fully saturated rings. The van der Waals surface area contributed by atoms with Gasteiger partial charge in [0, 0.05) is 39.6 Å². The Balaban J connectivity index is 0.00000400. The topological polar surface area (TPSA) is 109 Å². The maximum atomic E-state index is 13.4. The Kier molecular flexibility index (Phi) is 7.40. The number of imidazole rings is 1. The Bertz CT molecular complexity index is 1640. The third-order valence-corrected chi connectivity index (χ3v) is 7.27. The predicted octanol–water partition coefficient (Wildman–Crippen LogP) is 5.10. The molecule has 0 spiro atoms. The third-order valence-electron chi connectivity index (χ3n) is 5.91. The maximum absolute atomic E-state index is 13.4. The van der Waals surface area contributed by atoms with E-state index in [0.29, 0.717) is 34.7 Å². The molecule has 1 heterocycles. The molecule has 0 aliphatic carbocycles. The van der Waals surface area contributed by atoms with Gasteiger partial charge >= 0.3 is 5.69 Å². The van der Waals surface area contributed by atoms with Gasteiger partial charge in [0.2, 0.25) is 0 Å². The van der Waals surface area contributed by atoms with Crippen molar-refractivity contribution in [1.82, 2.24) is 9.13 Å². The molecule has 4 aromatic rings. The smallest absolute Gasteiger partial charge is 0.328 e. The number of aromatic nitrogens is 2. The Morgan fingerprint density at radius 2 is 1.62 bits per heavy atom. The highest BCUT2D eigenvalue weighted by molar-refractivity contribution is 7.92. The zero-order chi connectivity index (χ0) is 26.7. The van der Waals surface area contributed by atoms with Gasteiger partial charge in [-0.25, -0.2) is 13.2 Å². The predicted molar refractivity (Wildman–Crippen MR) is 144 cm³/mol. The molecule has 0 saturated heterocycles. The summed E-state index contributed by atoms with van der Waals surface area (Å²) in [6, 6.07) is 16.1. The number of nitrogens with zero attached hydrogens (tertiary/aromatic N) is 2. The third kappa shape index (κ3) is 5.39. The summed E-state index contributed by atoms with van der Waals surface area (Å²) < 4.78 is 44.0. The number of sulfonamides is 1. The number of nitrogens with one attached hydrogen (secondary N) is 1. The van der Waals surface area contributed by atoms with Crippen LogP contribution in [0.5, 0.6) is 17.2 Å². The monoisotopic (exact) mass is 525 g/mol. The van der Waals surface area contributed by atoms with Crippen molar-refractivity contribution >= 4 is 32.5 Å². The number of rotatable bonds is 10. The van der Waals surface area contributed by atoms with Crippen molar-refractivity contribution < 1.29 is 24.1 Å². The number of fused-ring (bicyclic) bond motifs is 1. The molecule has 0 unspecified atom stereocenters. The van der Waals surface area contributed by atoms with Crippen molar-refractivity contribution in [2.75, 3.05) is 11.3 Å². The van der Waals surface area contributed by atoms with E-state index in [4.69, 9.17) is 9.47 Å². The van der Waals surface area contributed by atoms with Crippen LogP contribution in [0, 0.1) is 0 Å². The fraction of sp³-hybridized carbons (Fsp3) is 0.259. The molecule has 1 N–H and O–H groups in total. The van der Waals surface area contributed by atoms with Crippen LogP contribution in [0.15, 0.2) is 70.4 Å². The van der Waals surface area contributed by atoms with Crippen LogP contribution in [-0.4, -0.2) is 29.9 Å². The molecule has 0 bridgehead atoms. The zero-order valence-corrected chi connectivity index (χ0v) is 22.0. The van der Waals surface area contributed by atoms with Crippen LogP contribution in [0.3, 0.4) is 0 Å². The molecule has 37 heavy (non-hydrogen) atoms. The van der Waals surface area contributed by atoms with Gasteiger partial charge in [-0.15, -0.1) is 0 Å². The number of ether oxygens (including phenoxy) is 2. The minimum atomic E-state index is -4.10. The van der Waals surface area contributed by atoms with Crippen LogP contribution >= 0.6 is 0 Å². The van der Waals surface area contributed by atoms with Crippen LogP contribution < -0.4 is 19.9 Å². The van der Waals surface area contributed by atoms with Gasteiger partial charge in [-0.1, -0.05) is 32.0 Å². The van der Waals surface area contributed by atoms with Crippen molar-refractivity contribution in [2.24, 2.45) is 14.1 Å². The van der Waals surface area contributed by atoms with Crippen LogP contribution in [0.1, 0.15) is 38.5 Å².